The van der Waals surface area contributed by atoms with E-state index in [1.165, 1.54) is 0 Å². The summed E-state index contributed by atoms with van der Waals surface area (Å²) in [6, 6.07) is 6.52. The number of benzene rings is 1. The minimum Gasteiger partial charge on any atom is -0.297 e. The molecule has 6 heteroatoms. The second kappa shape index (κ2) is 5.44. The van der Waals surface area contributed by atoms with Crippen LogP contribution in [0.4, 0.5) is 5.69 Å². The van der Waals surface area contributed by atoms with Gasteiger partial charge in [0.1, 0.15) is 6.42 Å². The van der Waals surface area contributed by atoms with Gasteiger partial charge in [-0.25, -0.2) is 0 Å². The van der Waals surface area contributed by atoms with Crippen LogP contribution in [0.25, 0.3) is 0 Å². The van der Waals surface area contributed by atoms with E-state index < -0.39 is 5.91 Å². The van der Waals surface area contributed by atoms with E-state index >= 15 is 0 Å². The Morgan fingerprint density at radius 3 is 2.87 bits per heavy atom. The Kier molecular flexibility index (Phi) is 4.22. The maximum Gasteiger partial charge on any atom is 0.252 e. The number of nitrogens with zero attached hydrogens (tertiary/aromatic N) is 1. The Morgan fingerprint density at radius 2 is 2.20 bits per heavy atom. The highest BCUT2D eigenvalue weighted by molar-refractivity contribution is 6.35. The van der Waals surface area contributed by atoms with Gasteiger partial charge >= 0.3 is 0 Å². The first-order valence-electron chi connectivity index (χ1n) is 4.00. The Balaban J connectivity index is 2.61. The Hall–Kier alpha value is -1.44. The molecule has 0 bridgehead atoms. The van der Waals surface area contributed by atoms with Crippen molar-refractivity contribution in [2.24, 2.45) is 0 Å². The van der Waals surface area contributed by atoms with Crippen LogP contribution in [-0.2, 0) is 4.79 Å². The number of hydrazine groups is 1. The van der Waals surface area contributed by atoms with Gasteiger partial charge in [0.2, 0.25) is 0 Å². The molecule has 2 N–H and O–H groups in total. The molecule has 0 heterocycles. The van der Waals surface area contributed by atoms with Crippen LogP contribution in [0, 0.1) is 11.3 Å². The Morgan fingerprint density at radius 1 is 1.47 bits per heavy atom. The van der Waals surface area contributed by atoms with Gasteiger partial charge in [-0.2, -0.15) is 5.26 Å². The van der Waals surface area contributed by atoms with Crippen molar-refractivity contribution in [3.63, 3.8) is 0 Å². The van der Waals surface area contributed by atoms with E-state index in [0.29, 0.717) is 15.7 Å². The molecule has 0 fully saturated rings. The average molecular weight is 244 g/mol. The van der Waals surface area contributed by atoms with Gasteiger partial charge in [-0.3, -0.25) is 15.6 Å². The van der Waals surface area contributed by atoms with Crippen LogP contribution in [0.15, 0.2) is 18.2 Å². The number of rotatable bonds is 3. The molecule has 1 rings (SSSR count). The molecule has 1 amide bonds. The molecule has 0 aliphatic rings. The third kappa shape index (κ3) is 3.66. The zero-order valence-electron chi connectivity index (χ0n) is 7.55. The van der Waals surface area contributed by atoms with Crippen LogP contribution in [-0.4, -0.2) is 5.91 Å². The van der Waals surface area contributed by atoms with Gasteiger partial charge < -0.3 is 0 Å². The molecule has 1 aromatic rings. The normalized spacial score (nSPS) is 9.13. The molecule has 0 aliphatic heterocycles. The summed E-state index contributed by atoms with van der Waals surface area (Å²) in [5, 5.41) is 9.17. The quantitative estimate of drug-likeness (QED) is 0.802. The van der Waals surface area contributed by atoms with Gasteiger partial charge in [0.05, 0.1) is 16.8 Å². The van der Waals surface area contributed by atoms with Gasteiger partial charge in [-0.05, 0) is 18.2 Å². The van der Waals surface area contributed by atoms with E-state index in [1.807, 2.05) is 0 Å². The lowest BCUT2D eigenvalue weighted by Crippen LogP contribution is -2.28. The molecule has 15 heavy (non-hydrogen) atoms. The second-order valence-corrected chi connectivity index (χ2v) is 3.48. The minimum atomic E-state index is -0.437. The van der Waals surface area contributed by atoms with Crippen LogP contribution in [0.3, 0.4) is 0 Å². The number of carbonyl (C=O) groups excluding carboxylic acids is 1. The van der Waals surface area contributed by atoms with Crippen molar-refractivity contribution in [3.8, 4) is 6.07 Å². The average Bonchev–Trinajstić information content (AvgIpc) is 2.20. The van der Waals surface area contributed by atoms with E-state index in [1.54, 1.807) is 24.3 Å². The highest BCUT2D eigenvalue weighted by Crippen LogP contribution is 2.24. The maximum absolute atomic E-state index is 10.9. The first kappa shape index (κ1) is 11.6. The summed E-state index contributed by atoms with van der Waals surface area (Å²) in [7, 11) is 0. The first-order chi connectivity index (χ1) is 7.13. The van der Waals surface area contributed by atoms with Gasteiger partial charge in [-0.15, -0.1) is 0 Å². The molecule has 0 saturated heterocycles. The fraction of sp³-hybridized carbons (Fsp3) is 0.111. The van der Waals surface area contributed by atoms with Gasteiger partial charge in [-0.1, -0.05) is 23.2 Å². The predicted octanol–water partition coefficient (Wildman–Crippen LogP) is 2.35. The van der Waals surface area contributed by atoms with Crippen molar-refractivity contribution >= 4 is 34.8 Å². The van der Waals surface area contributed by atoms with Crippen LogP contribution in [0.1, 0.15) is 6.42 Å². The smallest absolute Gasteiger partial charge is 0.252 e. The second-order valence-electron chi connectivity index (χ2n) is 2.63. The number of nitriles is 1. The summed E-state index contributed by atoms with van der Waals surface area (Å²) in [6.07, 6.45) is -0.217. The molecule has 0 aromatic heterocycles. The minimum absolute atomic E-state index is 0.217. The fourth-order valence-corrected chi connectivity index (χ4v) is 1.18. The van der Waals surface area contributed by atoms with Crippen molar-refractivity contribution in [2.45, 2.75) is 6.42 Å². The highest BCUT2D eigenvalue weighted by atomic mass is 35.5. The Labute approximate surface area is 96.8 Å². The zero-order chi connectivity index (χ0) is 11.3. The van der Waals surface area contributed by atoms with E-state index in [9.17, 15) is 4.79 Å². The molecule has 0 aliphatic carbocycles. The number of anilines is 1. The first-order valence-corrected chi connectivity index (χ1v) is 4.76. The van der Waals surface area contributed by atoms with Crippen molar-refractivity contribution in [2.75, 3.05) is 5.43 Å². The van der Waals surface area contributed by atoms with Gasteiger partial charge in [0.15, 0.2) is 0 Å². The van der Waals surface area contributed by atoms with Crippen LogP contribution in [0.2, 0.25) is 10.0 Å². The lowest BCUT2D eigenvalue weighted by atomic mass is 10.3. The van der Waals surface area contributed by atoms with E-state index in [0.717, 1.165) is 0 Å². The number of nitrogens with one attached hydrogen (secondary N) is 2. The molecule has 0 atom stereocenters. The number of amides is 1. The van der Waals surface area contributed by atoms with Crippen molar-refractivity contribution in [1.82, 2.24) is 5.43 Å². The molecule has 4 nitrogen and oxygen atoms in total. The summed E-state index contributed by atoms with van der Waals surface area (Å²) in [4.78, 5) is 10.9. The molecule has 0 radical (unpaired) electrons. The largest absolute Gasteiger partial charge is 0.297 e. The summed E-state index contributed by atoms with van der Waals surface area (Å²) in [5.74, 6) is -0.437. The SMILES string of the molecule is N#CCC(=O)NNc1cc(Cl)ccc1Cl. The van der Waals surface area contributed by atoms with Gasteiger partial charge in [0, 0.05) is 5.02 Å². The maximum atomic E-state index is 10.9. The van der Waals surface area contributed by atoms with E-state index in [2.05, 4.69) is 10.9 Å². The number of hydrogen-bond acceptors (Lipinski definition) is 3. The third-order valence-electron chi connectivity index (χ3n) is 1.50. The standard InChI is InChI=1S/C9H7Cl2N3O/c10-6-1-2-7(11)8(5-6)13-14-9(15)3-4-12/h1-2,5,13H,3H2,(H,14,15). The lowest BCUT2D eigenvalue weighted by Gasteiger charge is -2.08. The molecule has 1 aromatic carbocycles. The fourth-order valence-electron chi connectivity index (χ4n) is 0.846. The van der Waals surface area contributed by atoms with Gasteiger partial charge in [0.25, 0.3) is 5.91 Å². The molecule has 78 valence electrons. The monoisotopic (exact) mass is 243 g/mol. The molecule has 0 spiro atoms. The van der Waals surface area contributed by atoms with Crippen molar-refractivity contribution < 1.29 is 4.79 Å². The molecular weight excluding hydrogens is 237 g/mol. The Bertz CT molecular complexity index is 414. The predicted molar refractivity (Wildman–Crippen MR) is 58.5 cm³/mol. The molecule has 0 unspecified atom stereocenters. The number of carbonyl (C=O) groups is 1. The third-order valence-corrected chi connectivity index (χ3v) is 2.07. The number of hydrogen-bond donors (Lipinski definition) is 2. The zero-order valence-corrected chi connectivity index (χ0v) is 9.06. The molecular formula is C9H7Cl2N3O. The summed E-state index contributed by atoms with van der Waals surface area (Å²) in [5.41, 5.74) is 5.37. The number of halogens is 2. The lowest BCUT2D eigenvalue weighted by molar-refractivity contribution is -0.119. The molecule has 0 saturated carbocycles. The van der Waals surface area contributed by atoms with Crippen molar-refractivity contribution in [3.05, 3.63) is 28.2 Å². The summed E-state index contributed by atoms with van der Waals surface area (Å²) >= 11 is 11.5. The van der Waals surface area contributed by atoms with Crippen LogP contribution >= 0.6 is 23.2 Å². The topological polar surface area (TPSA) is 64.9 Å². The highest BCUT2D eigenvalue weighted by Gasteiger charge is 2.02. The van der Waals surface area contributed by atoms with Crippen LogP contribution in [0.5, 0.6) is 0 Å². The van der Waals surface area contributed by atoms with Crippen molar-refractivity contribution in [1.29, 1.82) is 5.26 Å². The van der Waals surface area contributed by atoms with Crippen LogP contribution < -0.4 is 10.9 Å². The summed E-state index contributed by atoms with van der Waals surface area (Å²) in [6.45, 7) is 0. The van der Waals surface area contributed by atoms with E-state index in [-0.39, 0.29) is 6.42 Å². The summed E-state index contributed by atoms with van der Waals surface area (Å²) < 4.78 is 0. The van der Waals surface area contributed by atoms with E-state index in [4.69, 9.17) is 28.5 Å².